The molecule has 0 fully saturated rings. The zero-order valence-electron chi connectivity index (χ0n) is 28.0. The fraction of sp³-hybridized carbons (Fsp3) is 0. The SMILES string of the molecule is c1ccc2c(c1)Oc1cc(-n3c4ccccc4c4ccccc43)cc3c1B2c1ccc(-c2ccc4c5ccccc5c5ccccc5c4c2)cc1O3. The predicted molar refractivity (Wildman–Crippen MR) is 216 cm³/mol. The zero-order valence-corrected chi connectivity index (χ0v) is 28.0. The fourth-order valence-electron chi connectivity index (χ4n) is 9.03. The van der Waals surface area contributed by atoms with E-state index in [4.69, 9.17) is 9.47 Å². The third kappa shape index (κ3) is 3.81. The van der Waals surface area contributed by atoms with E-state index in [-0.39, 0.29) is 6.71 Å². The van der Waals surface area contributed by atoms with E-state index in [0.29, 0.717) is 0 Å². The molecule has 1 aromatic heterocycles. The Labute approximate surface area is 300 Å². The highest BCUT2D eigenvalue weighted by atomic mass is 16.5. The largest absolute Gasteiger partial charge is 0.458 e. The third-order valence-electron chi connectivity index (χ3n) is 11.3. The molecule has 0 amide bonds. The van der Waals surface area contributed by atoms with Crippen LogP contribution in [0.3, 0.4) is 0 Å². The molecule has 9 aromatic carbocycles. The van der Waals surface area contributed by atoms with Gasteiger partial charge < -0.3 is 14.0 Å². The van der Waals surface area contributed by atoms with Crippen molar-refractivity contribution < 1.29 is 9.47 Å². The molecule has 3 nitrogen and oxygen atoms in total. The summed E-state index contributed by atoms with van der Waals surface area (Å²) in [5, 5.41) is 10.1. The minimum Gasteiger partial charge on any atom is -0.458 e. The Morgan fingerprint density at radius 2 is 0.827 bits per heavy atom. The number of hydrogen-bond acceptors (Lipinski definition) is 2. The van der Waals surface area contributed by atoms with Crippen LogP contribution in [-0.4, -0.2) is 11.3 Å². The summed E-state index contributed by atoms with van der Waals surface area (Å²) in [6, 6.07) is 61.2. The molecule has 0 radical (unpaired) electrons. The van der Waals surface area contributed by atoms with Gasteiger partial charge in [-0.25, -0.2) is 0 Å². The first-order valence-electron chi connectivity index (χ1n) is 17.9. The average molecular weight is 662 g/mol. The van der Waals surface area contributed by atoms with Crippen LogP contribution in [0.2, 0.25) is 0 Å². The summed E-state index contributed by atoms with van der Waals surface area (Å²) in [4.78, 5) is 0. The smallest absolute Gasteiger partial charge is 0.260 e. The standard InChI is InChI=1S/C48H28BNO2/c1-2-13-34-32(11-1)33-12-3-4-14-35(33)39-25-29(21-23-36(34)39)30-22-24-41-45(26-30)52-47-28-31(27-46-48(47)49(41)40-17-7-10-20-44(40)51-46)50-42-18-8-5-15-37(42)38-16-6-9-19-43(38)50/h1-28H. The first-order valence-corrected chi connectivity index (χ1v) is 17.9. The molecule has 2 aliphatic heterocycles. The van der Waals surface area contributed by atoms with Gasteiger partial charge in [0.15, 0.2) is 0 Å². The second-order valence-corrected chi connectivity index (χ2v) is 14.0. The number of fused-ring (bicyclic) bond motifs is 13. The third-order valence-corrected chi connectivity index (χ3v) is 11.3. The fourth-order valence-corrected chi connectivity index (χ4v) is 9.03. The molecule has 52 heavy (non-hydrogen) atoms. The lowest BCUT2D eigenvalue weighted by molar-refractivity contribution is 0.464. The normalized spacial score (nSPS) is 12.9. The van der Waals surface area contributed by atoms with Gasteiger partial charge in [0.05, 0.1) is 16.7 Å². The van der Waals surface area contributed by atoms with Crippen LogP contribution in [0.1, 0.15) is 0 Å². The van der Waals surface area contributed by atoms with Crippen LogP contribution in [0.25, 0.3) is 70.9 Å². The molecule has 0 unspecified atom stereocenters. The van der Waals surface area contributed by atoms with Crippen molar-refractivity contribution in [1.29, 1.82) is 0 Å². The summed E-state index contributed by atoms with van der Waals surface area (Å²) >= 11 is 0. The van der Waals surface area contributed by atoms with Crippen molar-refractivity contribution in [3.63, 3.8) is 0 Å². The van der Waals surface area contributed by atoms with E-state index in [0.717, 1.165) is 67.2 Å². The lowest BCUT2D eigenvalue weighted by Gasteiger charge is -2.33. The zero-order chi connectivity index (χ0) is 33.9. The van der Waals surface area contributed by atoms with E-state index in [1.54, 1.807) is 0 Å². The van der Waals surface area contributed by atoms with Crippen LogP contribution in [-0.2, 0) is 0 Å². The van der Waals surface area contributed by atoms with Crippen molar-refractivity contribution in [3.8, 4) is 39.8 Å². The van der Waals surface area contributed by atoms with E-state index in [1.165, 1.54) is 43.1 Å². The lowest BCUT2D eigenvalue weighted by Crippen LogP contribution is -2.57. The van der Waals surface area contributed by atoms with Gasteiger partial charge in [-0.2, -0.15) is 0 Å². The second-order valence-electron chi connectivity index (χ2n) is 14.0. The summed E-state index contributed by atoms with van der Waals surface area (Å²) < 4.78 is 16.0. The Balaban J connectivity index is 1.06. The van der Waals surface area contributed by atoms with Gasteiger partial charge in [-0.1, -0.05) is 127 Å². The summed E-state index contributed by atoms with van der Waals surface area (Å²) in [5.41, 5.74) is 8.98. The van der Waals surface area contributed by atoms with E-state index in [2.05, 4.69) is 174 Å². The number of aromatic nitrogens is 1. The van der Waals surface area contributed by atoms with Crippen LogP contribution < -0.4 is 25.9 Å². The molecule has 0 atom stereocenters. The average Bonchev–Trinajstić information content (AvgIpc) is 3.55. The molecule has 0 bridgehead atoms. The molecule has 0 aliphatic carbocycles. The van der Waals surface area contributed by atoms with Gasteiger partial charge in [0.25, 0.3) is 6.71 Å². The molecule has 10 aromatic rings. The van der Waals surface area contributed by atoms with E-state index in [9.17, 15) is 0 Å². The summed E-state index contributed by atoms with van der Waals surface area (Å²) in [7, 11) is 0. The number of nitrogens with zero attached hydrogens (tertiary/aromatic N) is 1. The van der Waals surface area contributed by atoms with Crippen molar-refractivity contribution in [2.75, 3.05) is 0 Å². The topological polar surface area (TPSA) is 23.4 Å². The molecule has 12 rings (SSSR count). The van der Waals surface area contributed by atoms with Crippen LogP contribution in [0, 0.1) is 0 Å². The van der Waals surface area contributed by atoms with Crippen molar-refractivity contribution in [1.82, 2.24) is 4.57 Å². The molecule has 4 heteroatoms. The maximum atomic E-state index is 6.99. The predicted octanol–water partition coefficient (Wildman–Crippen LogP) is 10.6. The minimum absolute atomic E-state index is 0.00754. The minimum atomic E-state index is -0.00754. The summed E-state index contributed by atoms with van der Waals surface area (Å²) in [5.74, 6) is 3.42. The van der Waals surface area contributed by atoms with E-state index < -0.39 is 0 Å². The number of benzene rings is 9. The first-order chi connectivity index (χ1) is 25.8. The maximum Gasteiger partial charge on any atom is 0.260 e. The van der Waals surface area contributed by atoms with Crippen LogP contribution in [0.4, 0.5) is 0 Å². The number of para-hydroxylation sites is 3. The summed E-state index contributed by atoms with van der Waals surface area (Å²) in [6.45, 7) is -0.00754. The van der Waals surface area contributed by atoms with Crippen molar-refractivity contribution in [2.45, 2.75) is 0 Å². The molecule has 0 N–H and O–H groups in total. The van der Waals surface area contributed by atoms with Gasteiger partial charge in [0, 0.05) is 28.4 Å². The van der Waals surface area contributed by atoms with E-state index in [1.807, 2.05) is 0 Å². The number of rotatable bonds is 2. The Kier molecular flexibility index (Phi) is 5.58. The van der Waals surface area contributed by atoms with Crippen molar-refractivity contribution in [2.24, 2.45) is 0 Å². The highest BCUT2D eigenvalue weighted by molar-refractivity contribution is 6.98. The first kappa shape index (κ1) is 28.0. The lowest BCUT2D eigenvalue weighted by atomic mass is 9.35. The molecule has 240 valence electrons. The maximum absolute atomic E-state index is 6.99. The summed E-state index contributed by atoms with van der Waals surface area (Å²) in [6.07, 6.45) is 0. The van der Waals surface area contributed by atoms with Gasteiger partial charge in [-0.05, 0) is 84.7 Å². The second kappa shape index (κ2) is 10.4. The van der Waals surface area contributed by atoms with Crippen LogP contribution in [0.5, 0.6) is 23.0 Å². The van der Waals surface area contributed by atoms with Gasteiger partial charge >= 0.3 is 0 Å². The molecular formula is C48H28BNO2. The van der Waals surface area contributed by atoms with Gasteiger partial charge in [0.1, 0.15) is 23.0 Å². The van der Waals surface area contributed by atoms with Crippen molar-refractivity contribution in [3.05, 3.63) is 170 Å². The molecule has 3 heterocycles. The van der Waals surface area contributed by atoms with E-state index >= 15 is 0 Å². The Bertz CT molecular complexity index is 3070. The highest BCUT2D eigenvalue weighted by Crippen LogP contribution is 2.41. The van der Waals surface area contributed by atoms with Gasteiger partial charge in [0.2, 0.25) is 0 Å². The Hall–Kier alpha value is -6.78. The number of ether oxygens (including phenoxy) is 2. The molecule has 2 aliphatic rings. The quantitative estimate of drug-likeness (QED) is 0.136. The Morgan fingerprint density at radius 3 is 1.50 bits per heavy atom. The molecular weight excluding hydrogens is 633 g/mol. The highest BCUT2D eigenvalue weighted by Gasteiger charge is 2.40. The van der Waals surface area contributed by atoms with Gasteiger partial charge in [-0.15, -0.1) is 0 Å². The van der Waals surface area contributed by atoms with Crippen molar-refractivity contribution >= 4 is 77.2 Å². The molecule has 0 saturated heterocycles. The van der Waals surface area contributed by atoms with Crippen LogP contribution >= 0.6 is 0 Å². The van der Waals surface area contributed by atoms with Gasteiger partial charge in [-0.3, -0.25) is 0 Å². The van der Waals surface area contributed by atoms with Crippen LogP contribution in [0.15, 0.2) is 170 Å². The monoisotopic (exact) mass is 661 g/mol. The molecule has 0 spiro atoms. The Morgan fingerprint density at radius 1 is 0.346 bits per heavy atom. The number of hydrogen-bond donors (Lipinski definition) is 0. The molecule has 0 saturated carbocycles.